The molecule has 0 aliphatic carbocycles. The van der Waals surface area contributed by atoms with Gasteiger partial charge in [-0.25, -0.2) is 9.97 Å². The fourth-order valence-corrected chi connectivity index (χ4v) is 1.21. The van der Waals surface area contributed by atoms with E-state index in [9.17, 15) is 4.79 Å². The second kappa shape index (κ2) is 4.52. The molecule has 0 bridgehead atoms. The summed E-state index contributed by atoms with van der Waals surface area (Å²) in [4.78, 5) is 19.2. The van der Waals surface area contributed by atoms with Gasteiger partial charge in [0.1, 0.15) is 6.33 Å². The number of hydrogen-bond acceptors (Lipinski definition) is 4. The Bertz CT molecular complexity index is 479. The topological polar surface area (TPSA) is 83.6 Å². The van der Waals surface area contributed by atoms with Crippen LogP contribution in [0.1, 0.15) is 23.0 Å². The Morgan fingerprint density at radius 1 is 1.44 bits per heavy atom. The van der Waals surface area contributed by atoms with Gasteiger partial charge >= 0.3 is 0 Å². The molecule has 0 radical (unpaired) electrons. The third-order valence-corrected chi connectivity index (χ3v) is 2.08. The SMILES string of the molecule is CCc1cc(NC(=O)c2cncnc2)n[nH]1. The molecule has 0 fully saturated rings. The van der Waals surface area contributed by atoms with Gasteiger partial charge in [0.05, 0.1) is 5.56 Å². The van der Waals surface area contributed by atoms with E-state index in [1.807, 2.05) is 6.92 Å². The minimum absolute atomic E-state index is 0.269. The van der Waals surface area contributed by atoms with E-state index in [-0.39, 0.29) is 5.91 Å². The first kappa shape index (κ1) is 10.3. The molecule has 0 spiro atoms. The predicted molar refractivity (Wildman–Crippen MR) is 58.0 cm³/mol. The minimum atomic E-state index is -0.269. The lowest BCUT2D eigenvalue weighted by atomic mass is 10.3. The zero-order valence-electron chi connectivity index (χ0n) is 8.77. The summed E-state index contributed by atoms with van der Waals surface area (Å²) in [5.74, 6) is 0.237. The van der Waals surface area contributed by atoms with E-state index in [2.05, 4.69) is 25.5 Å². The van der Waals surface area contributed by atoms with E-state index in [4.69, 9.17) is 0 Å². The number of rotatable bonds is 3. The quantitative estimate of drug-likeness (QED) is 0.803. The normalized spacial score (nSPS) is 10.1. The van der Waals surface area contributed by atoms with Crippen LogP contribution in [0.2, 0.25) is 0 Å². The molecule has 2 aromatic heterocycles. The van der Waals surface area contributed by atoms with Crippen LogP contribution in [-0.2, 0) is 6.42 Å². The van der Waals surface area contributed by atoms with Crippen LogP contribution in [0.25, 0.3) is 0 Å². The van der Waals surface area contributed by atoms with Gasteiger partial charge in [-0.15, -0.1) is 0 Å². The molecule has 1 amide bonds. The van der Waals surface area contributed by atoms with Crippen molar-refractivity contribution in [1.29, 1.82) is 0 Å². The van der Waals surface area contributed by atoms with Crippen molar-refractivity contribution in [2.24, 2.45) is 0 Å². The number of aryl methyl sites for hydroxylation is 1. The summed E-state index contributed by atoms with van der Waals surface area (Å²) < 4.78 is 0. The molecule has 0 aliphatic rings. The molecule has 0 saturated carbocycles. The van der Waals surface area contributed by atoms with Crippen molar-refractivity contribution in [3.8, 4) is 0 Å². The van der Waals surface area contributed by atoms with Crippen LogP contribution in [0, 0.1) is 0 Å². The number of nitrogens with zero attached hydrogens (tertiary/aromatic N) is 3. The van der Waals surface area contributed by atoms with Gasteiger partial charge in [-0.1, -0.05) is 6.92 Å². The number of aromatic amines is 1. The van der Waals surface area contributed by atoms with Gasteiger partial charge < -0.3 is 5.32 Å². The summed E-state index contributed by atoms with van der Waals surface area (Å²) in [6, 6.07) is 1.79. The number of amides is 1. The monoisotopic (exact) mass is 217 g/mol. The number of H-pyrrole nitrogens is 1. The molecule has 0 aliphatic heterocycles. The van der Waals surface area contributed by atoms with Crippen LogP contribution in [-0.4, -0.2) is 26.1 Å². The third kappa shape index (κ3) is 2.22. The van der Waals surface area contributed by atoms with Gasteiger partial charge in [0.15, 0.2) is 5.82 Å². The number of carbonyl (C=O) groups excluding carboxylic acids is 1. The van der Waals surface area contributed by atoms with Crippen molar-refractivity contribution in [1.82, 2.24) is 20.2 Å². The molecule has 0 saturated heterocycles. The Labute approximate surface area is 92.1 Å². The Morgan fingerprint density at radius 2 is 2.19 bits per heavy atom. The molecule has 6 heteroatoms. The van der Waals surface area contributed by atoms with E-state index >= 15 is 0 Å². The highest BCUT2D eigenvalue weighted by molar-refractivity contribution is 6.03. The maximum absolute atomic E-state index is 11.7. The van der Waals surface area contributed by atoms with Crippen LogP contribution < -0.4 is 5.32 Å². The number of nitrogens with one attached hydrogen (secondary N) is 2. The predicted octanol–water partition coefficient (Wildman–Crippen LogP) is 1.01. The highest BCUT2D eigenvalue weighted by Gasteiger charge is 2.08. The van der Waals surface area contributed by atoms with Crippen LogP contribution in [0.5, 0.6) is 0 Å². The summed E-state index contributed by atoms with van der Waals surface area (Å²) in [5, 5.41) is 9.42. The minimum Gasteiger partial charge on any atom is -0.305 e. The molecule has 16 heavy (non-hydrogen) atoms. The maximum Gasteiger partial charge on any atom is 0.260 e. The van der Waals surface area contributed by atoms with E-state index < -0.39 is 0 Å². The van der Waals surface area contributed by atoms with Gasteiger partial charge in [-0.2, -0.15) is 5.10 Å². The standard InChI is InChI=1S/C10H11N5O/c1-2-8-3-9(15-14-8)13-10(16)7-4-11-6-12-5-7/h3-6H,2H2,1H3,(H2,13,14,15,16). The van der Waals surface area contributed by atoms with Gasteiger partial charge in [0.2, 0.25) is 0 Å². The van der Waals surface area contributed by atoms with Gasteiger partial charge in [0.25, 0.3) is 5.91 Å². The molecular formula is C10H11N5O. The molecule has 82 valence electrons. The Kier molecular flexibility index (Phi) is 2.90. The van der Waals surface area contributed by atoms with Crippen LogP contribution in [0.4, 0.5) is 5.82 Å². The van der Waals surface area contributed by atoms with Crippen molar-refractivity contribution >= 4 is 11.7 Å². The fourth-order valence-electron chi connectivity index (χ4n) is 1.21. The lowest BCUT2D eigenvalue weighted by molar-refractivity contribution is 0.102. The number of hydrogen-bond donors (Lipinski definition) is 2. The summed E-state index contributed by atoms with van der Waals surface area (Å²) in [5.41, 5.74) is 1.38. The van der Waals surface area contributed by atoms with E-state index in [0.29, 0.717) is 11.4 Å². The van der Waals surface area contributed by atoms with Crippen molar-refractivity contribution in [2.45, 2.75) is 13.3 Å². The molecule has 2 aromatic rings. The molecular weight excluding hydrogens is 206 g/mol. The smallest absolute Gasteiger partial charge is 0.260 e. The average molecular weight is 217 g/mol. The first-order valence-electron chi connectivity index (χ1n) is 4.90. The molecule has 6 nitrogen and oxygen atoms in total. The molecule has 2 N–H and O–H groups in total. The van der Waals surface area contributed by atoms with Crippen molar-refractivity contribution in [3.05, 3.63) is 36.0 Å². The number of aromatic nitrogens is 4. The van der Waals surface area contributed by atoms with E-state index in [1.165, 1.54) is 18.7 Å². The molecule has 0 aromatic carbocycles. The largest absolute Gasteiger partial charge is 0.305 e. The summed E-state index contributed by atoms with van der Waals surface area (Å²) in [6.45, 7) is 2.00. The fraction of sp³-hybridized carbons (Fsp3) is 0.200. The van der Waals surface area contributed by atoms with Crippen molar-refractivity contribution in [3.63, 3.8) is 0 Å². The average Bonchev–Trinajstić information content (AvgIpc) is 2.78. The molecule has 2 heterocycles. The van der Waals surface area contributed by atoms with Gasteiger partial charge in [-0.05, 0) is 6.42 Å². The number of carbonyl (C=O) groups is 1. The summed E-state index contributed by atoms with van der Waals surface area (Å²) in [7, 11) is 0. The van der Waals surface area contributed by atoms with Crippen LogP contribution in [0.15, 0.2) is 24.8 Å². The van der Waals surface area contributed by atoms with Gasteiger partial charge in [0, 0.05) is 24.2 Å². The Morgan fingerprint density at radius 3 is 2.81 bits per heavy atom. The highest BCUT2D eigenvalue weighted by Crippen LogP contribution is 2.07. The first-order valence-corrected chi connectivity index (χ1v) is 4.90. The zero-order valence-corrected chi connectivity index (χ0v) is 8.77. The van der Waals surface area contributed by atoms with Gasteiger partial charge in [-0.3, -0.25) is 9.89 Å². The van der Waals surface area contributed by atoms with Crippen LogP contribution in [0.3, 0.4) is 0 Å². The first-order chi connectivity index (χ1) is 7.79. The lowest BCUT2D eigenvalue weighted by Crippen LogP contribution is -2.12. The Balaban J connectivity index is 2.08. The molecule has 0 atom stereocenters. The van der Waals surface area contributed by atoms with Crippen LogP contribution >= 0.6 is 0 Å². The third-order valence-electron chi connectivity index (χ3n) is 2.08. The highest BCUT2D eigenvalue weighted by atomic mass is 16.1. The van der Waals surface area contributed by atoms with E-state index in [1.54, 1.807) is 6.07 Å². The summed E-state index contributed by atoms with van der Waals surface area (Å²) in [6.07, 6.45) is 5.13. The molecule has 0 unspecified atom stereocenters. The maximum atomic E-state index is 11.7. The van der Waals surface area contributed by atoms with E-state index in [0.717, 1.165) is 12.1 Å². The van der Waals surface area contributed by atoms with Crippen molar-refractivity contribution < 1.29 is 4.79 Å². The van der Waals surface area contributed by atoms with Crippen molar-refractivity contribution in [2.75, 3.05) is 5.32 Å². The zero-order chi connectivity index (χ0) is 11.4. The Hall–Kier alpha value is -2.24. The summed E-state index contributed by atoms with van der Waals surface area (Å²) >= 11 is 0. The lowest BCUT2D eigenvalue weighted by Gasteiger charge is -1.99. The second-order valence-electron chi connectivity index (χ2n) is 3.21. The number of anilines is 1. The molecule has 2 rings (SSSR count). The second-order valence-corrected chi connectivity index (χ2v) is 3.21.